The minimum atomic E-state index is -0.280. The summed E-state index contributed by atoms with van der Waals surface area (Å²) in [7, 11) is 0. The number of nitrogens with zero attached hydrogens (tertiary/aromatic N) is 2. The molecule has 2 heterocycles. The molecule has 2 amide bonds. The van der Waals surface area contributed by atoms with Gasteiger partial charge in [0.05, 0.1) is 0 Å². The second kappa shape index (κ2) is 7.17. The van der Waals surface area contributed by atoms with Gasteiger partial charge in [-0.3, -0.25) is 10.3 Å². The second-order valence-electron chi connectivity index (χ2n) is 4.96. The smallest absolute Gasteiger partial charge is 0.320 e. The van der Waals surface area contributed by atoms with Crippen molar-refractivity contribution in [1.29, 1.82) is 0 Å². The van der Waals surface area contributed by atoms with Gasteiger partial charge in [0, 0.05) is 25.1 Å². The lowest BCUT2D eigenvalue weighted by Gasteiger charge is -2.08. The Hall–Kier alpha value is -3.21. The van der Waals surface area contributed by atoms with Crippen LogP contribution in [0.1, 0.15) is 5.56 Å². The van der Waals surface area contributed by atoms with Crippen molar-refractivity contribution in [2.75, 3.05) is 5.32 Å². The van der Waals surface area contributed by atoms with Gasteiger partial charge in [0.25, 0.3) is 0 Å². The first-order chi connectivity index (χ1) is 11.3. The van der Waals surface area contributed by atoms with E-state index in [0.29, 0.717) is 12.4 Å². The largest absolute Gasteiger partial charge is 0.334 e. The van der Waals surface area contributed by atoms with Crippen molar-refractivity contribution >= 4 is 11.8 Å². The number of pyridine rings is 2. The van der Waals surface area contributed by atoms with E-state index in [0.717, 1.165) is 16.7 Å². The summed E-state index contributed by atoms with van der Waals surface area (Å²) in [4.78, 5) is 19.9. The summed E-state index contributed by atoms with van der Waals surface area (Å²) in [5.74, 6) is 0.524. The normalized spacial score (nSPS) is 10.1. The first-order valence-corrected chi connectivity index (χ1v) is 7.26. The summed E-state index contributed by atoms with van der Waals surface area (Å²) < 4.78 is 0. The molecule has 1 aromatic carbocycles. The van der Waals surface area contributed by atoms with Gasteiger partial charge in [-0.1, -0.05) is 24.3 Å². The SMILES string of the molecule is O=C(NCc1cccc(-c2ccncc2)c1)Nc1ccccn1. The molecule has 2 aromatic heterocycles. The number of hydrogen-bond acceptors (Lipinski definition) is 3. The lowest BCUT2D eigenvalue weighted by Crippen LogP contribution is -2.28. The van der Waals surface area contributed by atoms with Gasteiger partial charge in [-0.25, -0.2) is 9.78 Å². The number of hydrogen-bond donors (Lipinski definition) is 2. The van der Waals surface area contributed by atoms with Gasteiger partial charge >= 0.3 is 6.03 Å². The Kier molecular flexibility index (Phi) is 4.59. The summed E-state index contributed by atoms with van der Waals surface area (Å²) in [6, 6.07) is 17.0. The average Bonchev–Trinajstić information content (AvgIpc) is 2.62. The number of urea groups is 1. The molecule has 5 nitrogen and oxygen atoms in total. The molecule has 0 saturated carbocycles. The third kappa shape index (κ3) is 4.14. The highest BCUT2D eigenvalue weighted by molar-refractivity contribution is 5.88. The summed E-state index contributed by atoms with van der Waals surface area (Å²) in [5.41, 5.74) is 3.21. The molecule has 114 valence electrons. The zero-order chi connectivity index (χ0) is 15.9. The molecule has 0 unspecified atom stereocenters. The van der Waals surface area contributed by atoms with E-state index in [1.54, 1.807) is 30.7 Å². The topological polar surface area (TPSA) is 66.9 Å². The molecule has 0 saturated heterocycles. The number of carbonyl (C=O) groups is 1. The molecular weight excluding hydrogens is 288 g/mol. The van der Waals surface area contributed by atoms with Gasteiger partial charge in [0.2, 0.25) is 0 Å². The van der Waals surface area contributed by atoms with Crippen LogP contribution in [-0.4, -0.2) is 16.0 Å². The zero-order valence-electron chi connectivity index (χ0n) is 12.4. The zero-order valence-corrected chi connectivity index (χ0v) is 12.4. The Morgan fingerprint density at radius 1 is 0.913 bits per heavy atom. The van der Waals surface area contributed by atoms with Gasteiger partial charge in [-0.05, 0) is 47.0 Å². The maximum absolute atomic E-state index is 11.9. The molecule has 0 spiro atoms. The first-order valence-electron chi connectivity index (χ1n) is 7.26. The summed E-state index contributed by atoms with van der Waals surface area (Å²) in [6.45, 7) is 0.442. The quantitative estimate of drug-likeness (QED) is 0.775. The van der Waals surface area contributed by atoms with E-state index in [-0.39, 0.29) is 6.03 Å². The molecule has 0 radical (unpaired) electrons. The molecule has 3 aromatic rings. The van der Waals surface area contributed by atoms with E-state index in [9.17, 15) is 4.79 Å². The van der Waals surface area contributed by atoms with Gasteiger partial charge in [0.1, 0.15) is 5.82 Å². The fourth-order valence-electron chi connectivity index (χ4n) is 2.18. The standard InChI is InChI=1S/C18H16N4O/c23-18(22-17-6-1-2-9-20-17)21-13-14-4-3-5-16(12-14)15-7-10-19-11-8-15/h1-12H,13H2,(H2,20,21,22,23). The van der Waals surface area contributed by atoms with Gasteiger partial charge in [-0.2, -0.15) is 0 Å². The molecular formula is C18H16N4O. The molecule has 0 aliphatic heterocycles. The van der Waals surface area contributed by atoms with E-state index >= 15 is 0 Å². The third-order valence-corrected chi connectivity index (χ3v) is 3.30. The van der Waals surface area contributed by atoms with E-state index in [1.807, 2.05) is 36.4 Å². The maximum Gasteiger partial charge on any atom is 0.320 e. The summed E-state index contributed by atoms with van der Waals surface area (Å²) in [6.07, 6.45) is 5.16. The fraction of sp³-hybridized carbons (Fsp3) is 0.0556. The number of aromatic nitrogens is 2. The fourth-order valence-corrected chi connectivity index (χ4v) is 2.18. The minimum absolute atomic E-state index is 0.280. The highest BCUT2D eigenvalue weighted by Gasteiger charge is 2.03. The van der Waals surface area contributed by atoms with Crippen LogP contribution in [0.3, 0.4) is 0 Å². The van der Waals surface area contributed by atoms with Gasteiger partial charge < -0.3 is 5.32 Å². The second-order valence-corrected chi connectivity index (χ2v) is 4.96. The first kappa shape index (κ1) is 14.7. The van der Waals surface area contributed by atoms with Gasteiger partial charge in [-0.15, -0.1) is 0 Å². The molecule has 0 fully saturated rings. The van der Waals surface area contributed by atoms with Crippen molar-refractivity contribution in [3.05, 3.63) is 78.8 Å². The molecule has 2 N–H and O–H groups in total. The lowest BCUT2D eigenvalue weighted by molar-refractivity contribution is 0.251. The van der Waals surface area contributed by atoms with Crippen molar-refractivity contribution in [1.82, 2.24) is 15.3 Å². The third-order valence-electron chi connectivity index (χ3n) is 3.30. The van der Waals surface area contributed by atoms with Crippen LogP contribution in [-0.2, 0) is 6.54 Å². The number of anilines is 1. The van der Waals surface area contributed by atoms with Crippen molar-refractivity contribution in [2.45, 2.75) is 6.54 Å². The Labute approximate surface area is 134 Å². The van der Waals surface area contributed by atoms with Crippen molar-refractivity contribution < 1.29 is 4.79 Å². The molecule has 5 heteroatoms. The monoisotopic (exact) mass is 304 g/mol. The number of amides is 2. The minimum Gasteiger partial charge on any atom is -0.334 e. The highest BCUT2D eigenvalue weighted by atomic mass is 16.2. The summed E-state index contributed by atoms with van der Waals surface area (Å²) >= 11 is 0. The van der Waals surface area contributed by atoms with Crippen molar-refractivity contribution in [3.63, 3.8) is 0 Å². The lowest BCUT2D eigenvalue weighted by atomic mass is 10.0. The molecule has 0 atom stereocenters. The number of nitrogens with one attached hydrogen (secondary N) is 2. The Balaban J connectivity index is 1.61. The van der Waals surface area contributed by atoms with E-state index < -0.39 is 0 Å². The van der Waals surface area contributed by atoms with Crippen LogP contribution in [0.15, 0.2) is 73.2 Å². The Morgan fingerprint density at radius 3 is 2.57 bits per heavy atom. The van der Waals surface area contributed by atoms with Crippen LogP contribution in [0.25, 0.3) is 11.1 Å². The van der Waals surface area contributed by atoms with Gasteiger partial charge in [0.15, 0.2) is 0 Å². The van der Waals surface area contributed by atoms with Crippen LogP contribution in [0.4, 0.5) is 10.6 Å². The van der Waals surface area contributed by atoms with Crippen molar-refractivity contribution in [3.8, 4) is 11.1 Å². The molecule has 0 aliphatic rings. The summed E-state index contributed by atoms with van der Waals surface area (Å²) in [5, 5.41) is 5.51. The van der Waals surface area contributed by atoms with E-state index in [1.165, 1.54) is 0 Å². The van der Waals surface area contributed by atoms with Crippen LogP contribution in [0.2, 0.25) is 0 Å². The van der Waals surface area contributed by atoms with Crippen molar-refractivity contribution in [2.24, 2.45) is 0 Å². The van der Waals surface area contributed by atoms with Crippen LogP contribution >= 0.6 is 0 Å². The number of carbonyl (C=O) groups excluding carboxylic acids is 1. The predicted octanol–water partition coefficient (Wildman–Crippen LogP) is 3.47. The maximum atomic E-state index is 11.9. The Bertz CT molecular complexity index is 775. The molecule has 0 bridgehead atoms. The molecule has 0 aliphatic carbocycles. The Morgan fingerprint density at radius 2 is 1.78 bits per heavy atom. The van der Waals surface area contributed by atoms with Crippen LogP contribution in [0, 0.1) is 0 Å². The number of rotatable bonds is 4. The van der Waals surface area contributed by atoms with E-state index in [4.69, 9.17) is 0 Å². The predicted molar refractivity (Wildman–Crippen MR) is 89.8 cm³/mol. The van der Waals surface area contributed by atoms with Crippen LogP contribution in [0.5, 0.6) is 0 Å². The average molecular weight is 304 g/mol. The highest BCUT2D eigenvalue weighted by Crippen LogP contribution is 2.19. The van der Waals surface area contributed by atoms with E-state index in [2.05, 4.69) is 26.7 Å². The number of benzene rings is 1. The molecule has 23 heavy (non-hydrogen) atoms. The molecule has 3 rings (SSSR count). The van der Waals surface area contributed by atoms with Crippen LogP contribution < -0.4 is 10.6 Å².